The highest BCUT2D eigenvalue weighted by Gasteiger charge is 2.56. The molecule has 12 N–H and O–H groups in total. The van der Waals surface area contributed by atoms with Crippen LogP contribution >= 0.6 is 0 Å². The zero-order valence-corrected chi connectivity index (χ0v) is 48.1. The van der Waals surface area contributed by atoms with Gasteiger partial charge in [-0.3, -0.25) is 53.0 Å². The normalized spacial score (nSPS) is 31.1. The molecular weight excluding hydrogens is 1150 g/mol. The fourth-order valence-corrected chi connectivity index (χ4v) is 12.0. The lowest BCUT2D eigenvalue weighted by Gasteiger charge is -2.43. The number of aromatic hydroxyl groups is 2. The smallest absolute Gasteiger partial charge is 0.252 e. The third kappa shape index (κ3) is 13.0. The van der Waals surface area contributed by atoms with E-state index in [-0.39, 0.29) is 53.4 Å². The number of ketones is 2. The number of hydrogen-bond acceptors (Lipinski definition) is 25. The molecule has 0 spiro atoms. The lowest BCUT2D eigenvalue weighted by molar-refractivity contribution is -0.301. The first-order chi connectivity index (χ1) is 41.8. The zero-order valence-electron chi connectivity index (χ0n) is 49.1. The summed E-state index contributed by atoms with van der Waals surface area (Å²) in [7, 11) is 2.77. The highest BCUT2D eigenvalue weighted by atomic mass is 16.7. The number of carbonyl (C=O) groups is 9. The van der Waals surface area contributed by atoms with Gasteiger partial charge in [0, 0.05) is 95.9 Å². The largest absolute Gasteiger partial charge is 0.507 e. The molecule has 9 rings (SSSR count). The number of morpholine rings is 1. The Kier molecular flexibility index (Phi) is 19.5. The molecule has 0 saturated carbocycles. The predicted octanol–water partition coefficient (Wildman–Crippen LogP) is -4.52. The van der Waals surface area contributed by atoms with Gasteiger partial charge in [-0.15, -0.1) is 0 Å². The van der Waals surface area contributed by atoms with Crippen molar-refractivity contribution in [1.82, 2.24) is 36.4 Å². The third-order valence-electron chi connectivity index (χ3n) is 16.5. The van der Waals surface area contributed by atoms with Crippen LogP contribution < -0.4 is 31.3 Å². The van der Waals surface area contributed by atoms with Gasteiger partial charge in [0.1, 0.15) is 72.0 Å². The molecule has 5 fully saturated rings. The second-order valence-corrected chi connectivity index (χ2v) is 22.4. The van der Waals surface area contributed by atoms with Gasteiger partial charge >= 0.3 is 0 Å². The fourth-order valence-electron chi connectivity index (χ4n) is 12.0. The molecule has 5 saturated heterocycles. The van der Waals surface area contributed by atoms with Gasteiger partial charge in [0.15, 0.2) is 30.9 Å². The number of phenolic OH excluding ortho intramolecular Hbond substituents is 2. The molecule has 87 heavy (non-hydrogen) atoms. The van der Waals surface area contributed by atoms with Crippen molar-refractivity contribution in [1.29, 1.82) is 0 Å². The highest BCUT2D eigenvalue weighted by Crippen LogP contribution is 2.53. The van der Waals surface area contributed by atoms with Crippen molar-refractivity contribution < 1.29 is 118 Å². The van der Waals surface area contributed by atoms with Gasteiger partial charge in [0.25, 0.3) is 5.91 Å². The summed E-state index contributed by atoms with van der Waals surface area (Å²) in [5.74, 6) is -10.1. The van der Waals surface area contributed by atoms with Gasteiger partial charge in [-0.1, -0.05) is 26.0 Å². The minimum Gasteiger partial charge on any atom is -0.507 e. The monoisotopic (exact) mass is 1230 g/mol. The average molecular weight is 1230 g/mol. The van der Waals surface area contributed by atoms with Crippen molar-refractivity contribution in [3.63, 3.8) is 0 Å². The summed E-state index contributed by atoms with van der Waals surface area (Å²) in [5, 5.41) is 90.4. The van der Waals surface area contributed by atoms with Crippen LogP contribution in [0.5, 0.6) is 17.2 Å². The lowest BCUT2D eigenvalue weighted by Crippen LogP contribution is -2.61. The molecule has 5 aliphatic heterocycles. The van der Waals surface area contributed by atoms with Crippen LogP contribution in [0.15, 0.2) is 18.2 Å². The summed E-state index contributed by atoms with van der Waals surface area (Å²) in [5.41, 5.74) is -4.50. The molecule has 2 aromatic rings. The van der Waals surface area contributed by atoms with Crippen molar-refractivity contribution in [2.45, 2.75) is 151 Å². The molecule has 7 amide bonds. The number of hydrogen-bond donors (Lipinski definition) is 12. The van der Waals surface area contributed by atoms with E-state index in [1.807, 2.05) is 0 Å². The van der Waals surface area contributed by atoms with Crippen LogP contribution in [0.3, 0.4) is 0 Å². The molecule has 2 aliphatic carbocycles. The first-order valence-electron chi connectivity index (χ1n) is 29.0. The van der Waals surface area contributed by atoms with E-state index >= 15 is 0 Å². The summed E-state index contributed by atoms with van der Waals surface area (Å²) in [6.45, 7) is 2.15. The molecule has 1 unspecified atom stereocenters. The lowest BCUT2D eigenvalue weighted by atomic mass is 9.72. The molecule has 0 aromatic heterocycles. The Morgan fingerprint density at radius 3 is 2.28 bits per heavy atom. The minimum absolute atomic E-state index is 0.0192. The number of aliphatic hydroxyl groups is 5. The number of phenols is 2. The molecule has 476 valence electrons. The number of imide groups is 1. The van der Waals surface area contributed by atoms with Crippen LogP contribution in [0.4, 0.5) is 0 Å². The number of ether oxygens (including phenoxy) is 8. The number of aliphatic hydroxyl groups excluding tert-OH is 4. The predicted molar refractivity (Wildman–Crippen MR) is 290 cm³/mol. The maximum absolute atomic E-state index is 14.4. The Labute approximate surface area is 498 Å². The second-order valence-electron chi connectivity index (χ2n) is 22.4. The molecule has 5 heterocycles. The molecular formula is C56H73N7O24. The molecule has 16 atom stereocenters. The summed E-state index contributed by atoms with van der Waals surface area (Å²) in [6, 6.07) is 0.836. The van der Waals surface area contributed by atoms with Crippen molar-refractivity contribution in [2.75, 3.05) is 66.8 Å². The number of methoxy groups -OCH3 is 2. The number of rotatable bonds is 22. The topological polar surface area (TPSA) is 436 Å². The van der Waals surface area contributed by atoms with E-state index in [1.165, 1.54) is 32.4 Å². The van der Waals surface area contributed by atoms with Crippen molar-refractivity contribution >= 4 is 52.9 Å². The van der Waals surface area contributed by atoms with Crippen molar-refractivity contribution in [3.8, 4) is 17.2 Å². The van der Waals surface area contributed by atoms with E-state index in [9.17, 15) is 78.9 Å². The van der Waals surface area contributed by atoms with E-state index < -0.39 is 225 Å². The molecule has 0 radical (unpaired) electrons. The first kappa shape index (κ1) is 63.2. The number of likely N-dealkylation sites (tertiary alicyclic amines) is 1. The minimum atomic E-state index is -2.53. The molecule has 31 nitrogen and oxygen atoms in total. The summed E-state index contributed by atoms with van der Waals surface area (Å²) < 4.78 is 54.7. The molecule has 0 bridgehead atoms. The van der Waals surface area contributed by atoms with Crippen LogP contribution in [0.2, 0.25) is 0 Å². The van der Waals surface area contributed by atoms with E-state index in [2.05, 4.69) is 31.5 Å². The quantitative estimate of drug-likeness (QED) is 0.0256. The summed E-state index contributed by atoms with van der Waals surface area (Å²) >= 11 is 0. The average Bonchev–Trinajstić information content (AvgIpc) is 0.945. The Bertz CT molecular complexity index is 3060. The summed E-state index contributed by atoms with van der Waals surface area (Å²) in [6.07, 6.45) is -17.2. The van der Waals surface area contributed by atoms with Crippen molar-refractivity contribution in [3.05, 3.63) is 51.6 Å². The number of nitrogens with zero attached hydrogens (tertiary/aromatic N) is 2. The van der Waals surface area contributed by atoms with Gasteiger partial charge in [-0.05, 0) is 18.9 Å². The number of benzene rings is 2. The first-order valence-corrected chi connectivity index (χ1v) is 28.4. The number of fused-ring (bicyclic) bond motifs is 6. The SMILES string of the molecule is [3H]C1CC(=O)N(CC(=O)NCCC(=O)N[C@H](C(=O)N[C@@H](CO[C@@H]2O[C@H](CO)[C@@H](O)[C@H](O)[C@H]2O)C(=O)NCCNC(=O)[C@]2(O)Cc3c(O)c4c(c(O)c3[C@@H](O[C@H]3C[C@H]5[C@H](O[C@@H]6[C@@H](OC)OCCN65)[C@H](C)O3)C2)C(=O)c2c(OC)cccc2C4=O)C(C)C)C1=O. The second kappa shape index (κ2) is 26.9. The van der Waals surface area contributed by atoms with Crippen LogP contribution in [0, 0.1) is 5.92 Å². The van der Waals surface area contributed by atoms with Gasteiger partial charge in [0.05, 0.1) is 55.8 Å². The van der Waals surface area contributed by atoms with Crippen LogP contribution in [0.1, 0.15) is 103 Å². The standard InChI is InChI=1S/C56H73N7O24/c1-23(2)41(61-32(65)11-12-57-33(66)20-63-34(67)9-10-35(63)68)51(77)60-27(22-83-53-48(75)47(74)44(71)31(21-64)86-53)50(76)58-13-14-59-55(78)56(79)18-26-38(46(73)40-39(43(26)70)42(69)25-7-6-8-29(80-4)37(25)45(40)72)30(19-56)85-36-17-28-49(24(3)84-36)87-52-54(81-5)82-16-15-62(28)52/h6-8,23-24,27-28,30-31,36,41,44,47-49,52-54,64,70-71,73-75,79H,9-22H2,1-5H3,(H,57,66)(H,58,76)(H,59,78)(H,60,77)(H,61,65)/t24-,27-,28-,30-,31+,36-,41-,44+,47-,48+,49+,52+,53+,54-,56-/m0/s1/i9T/t9?,24-,27-,28-,30-,31+,36-,41-,44+,47-,48+,49+,52+,53+,54-,56-. The maximum atomic E-state index is 14.4. The Morgan fingerprint density at radius 1 is 0.851 bits per heavy atom. The number of amides is 7. The maximum Gasteiger partial charge on any atom is 0.252 e. The van der Waals surface area contributed by atoms with E-state index in [4.69, 9.17) is 39.3 Å². The van der Waals surface area contributed by atoms with Crippen LogP contribution in [0.25, 0.3) is 0 Å². The van der Waals surface area contributed by atoms with E-state index in [0.717, 1.165) is 0 Å². The van der Waals surface area contributed by atoms with E-state index in [0.29, 0.717) is 18.1 Å². The zero-order chi connectivity index (χ0) is 63.8. The fraction of sp³-hybridized carbons (Fsp3) is 0.625. The van der Waals surface area contributed by atoms with Gasteiger partial charge in [-0.25, -0.2) is 0 Å². The highest BCUT2D eigenvalue weighted by molar-refractivity contribution is 6.31. The van der Waals surface area contributed by atoms with Gasteiger partial charge in [0.2, 0.25) is 41.2 Å². The van der Waals surface area contributed by atoms with E-state index in [1.54, 1.807) is 20.8 Å². The molecule has 31 heteroatoms. The van der Waals surface area contributed by atoms with Crippen LogP contribution in [-0.2, 0) is 73.1 Å². The summed E-state index contributed by atoms with van der Waals surface area (Å²) in [4.78, 5) is 123. The van der Waals surface area contributed by atoms with Gasteiger partial charge in [-0.2, -0.15) is 0 Å². The van der Waals surface area contributed by atoms with Gasteiger partial charge < -0.3 is 100 Å². The van der Waals surface area contributed by atoms with Crippen molar-refractivity contribution in [2.24, 2.45) is 5.92 Å². The molecule has 2 aromatic carbocycles. The Balaban J connectivity index is 0.902. The third-order valence-corrected chi connectivity index (χ3v) is 16.5. The molecule has 7 aliphatic rings. The Hall–Kier alpha value is -6.85. The number of nitrogens with one attached hydrogen (secondary N) is 5. The number of carbonyl (C=O) groups excluding carboxylic acids is 9. The van der Waals surface area contributed by atoms with Crippen LogP contribution in [-0.4, -0.2) is 251 Å². The Morgan fingerprint density at radius 2 is 1.59 bits per heavy atom.